The highest BCUT2D eigenvalue weighted by Crippen LogP contribution is 2.33. The van der Waals surface area contributed by atoms with Gasteiger partial charge in [-0.25, -0.2) is 8.42 Å². The van der Waals surface area contributed by atoms with Gasteiger partial charge in [-0.15, -0.1) is 0 Å². The van der Waals surface area contributed by atoms with Crippen LogP contribution in [0.2, 0.25) is 0 Å². The highest BCUT2D eigenvalue weighted by molar-refractivity contribution is 7.94. The maximum atomic E-state index is 12.3. The fourth-order valence-corrected chi connectivity index (χ4v) is 4.33. The fraction of sp³-hybridized carbons (Fsp3) is 0.571. The Bertz CT molecular complexity index is 657. The summed E-state index contributed by atoms with van der Waals surface area (Å²) in [6, 6.07) is -0.448. The molecule has 6 nitrogen and oxygen atoms in total. The minimum atomic E-state index is -3.16. The molecule has 0 radical (unpaired) electrons. The third kappa shape index (κ3) is 3.18. The standard InChI is InChI=1S/C14H19N3O3S/c18-14(16-11-6-7-21(19,20)9-11)12-8-15-17-13(12)10-4-2-1-3-5-10/h6-8,10-11H,1-5,9H2,(H,15,17)(H,16,18)/t11-/m1/s1. The summed E-state index contributed by atoms with van der Waals surface area (Å²) >= 11 is 0. The van der Waals surface area contributed by atoms with E-state index in [1.165, 1.54) is 31.5 Å². The highest BCUT2D eigenvalue weighted by Gasteiger charge is 2.27. The quantitative estimate of drug-likeness (QED) is 0.885. The predicted molar refractivity (Wildman–Crippen MR) is 78.6 cm³/mol. The molecule has 0 saturated heterocycles. The molecule has 0 aromatic carbocycles. The molecule has 7 heteroatoms. The van der Waals surface area contributed by atoms with E-state index in [1.54, 1.807) is 0 Å². The molecule has 0 bridgehead atoms. The van der Waals surface area contributed by atoms with Crippen LogP contribution >= 0.6 is 0 Å². The first-order valence-electron chi connectivity index (χ1n) is 7.30. The molecule has 1 saturated carbocycles. The number of hydrogen-bond acceptors (Lipinski definition) is 4. The Labute approximate surface area is 123 Å². The van der Waals surface area contributed by atoms with Gasteiger partial charge in [-0.3, -0.25) is 9.89 Å². The Balaban J connectivity index is 1.71. The normalized spacial score (nSPS) is 25.0. The molecule has 1 aliphatic carbocycles. The summed E-state index contributed by atoms with van der Waals surface area (Å²) in [6.45, 7) is 0. The lowest BCUT2D eigenvalue weighted by atomic mass is 9.85. The summed E-state index contributed by atoms with van der Waals surface area (Å²) in [5.74, 6) is 0.0379. The van der Waals surface area contributed by atoms with Crippen molar-refractivity contribution in [1.82, 2.24) is 15.5 Å². The summed E-state index contributed by atoms with van der Waals surface area (Å²) in [6.07, 6.45) is 8.79. The molecule has 1 aromatic heterocycles. The summed E-state index contributed by atoms with van der Waals surface area (Å²) in [5, 5.41) is 10.9. The van der Waals surface area contributed by atoms with Crippen molar-refractivity contribution in [2.45, 2.75) is 44.1 Å². The lowest BCUT2D eigenvalue weighted by Crippen LogP contribution is -2.36. The zero-order valence-electron chi connectivity index (χ0n) is 11.7. The molecule has 114 valence electrons. The van der Waals surface area contributed by atoms with Crippen LogP contribution in [0.5, 0.6) is 0 Å². The monoisotopic (exact) mass is 309 g/mol. The second kappa shape index (κ2) is 5.63. The molecule has 2 heterocycles. The van der Waals surface area contributed by atoms with Crippen molar-refractivity contribution in [2.24, 2.45) is 0 Å². The number of aromatic nitrogens is 2. The van der Waals surface area contributed by atoms with Gasteiger partial charge in [-0.05, 0) is 18.9 Å². The van der Waals surface area contributed by atoms with Gasteiger partial charge in [0.1, 0.15) is 0 Å². The molecule has 1 fully saturated rings. The molecule has 1 atom stereocenters. The molecule has 0 unspecified atom stereocenters. The van der Waals surface area contributed by atoms with Crippen LogP contribution in [0.1, 0.15) is 54.1 Å². The number of nitrogens with one attached hydrogen (secondary N) is 2. The number of aromatic amines is 1. The smallest absolute Gasteiger partial charge is 0.255 e. The molecule has 2 aliphatic rings. The number of amides is 1. The minimum absolute atomic E-state index is 0.0602. The molecular weight excluding hydrogens is 290 g/mol. The fourth-order valence-electron chi connectivity index (χ4n) is 3.09. The first kappa shape index (κ1) is 14.3. The van der Waals surface area contributed by atoms with E-state index in [-0.39, 0.29) is 11.7 Å². The number of H-pyrrole nitrogens is 1. The van der Waals surface area contributed by atoms with Gasteiger partial charge >= 0.3 is 0 Å². The first-order chi connectivity index (χ1) is 10.1. The van der Waals surface area contributed by atoms with Crippen LogP contribution < -0.4 is 5.32 Å². The molecule has 0 spiro atoms. The summed E-state index contributed by atoms with van der Waals surface area (Å²) in [4.78, 5) is 12.3. The van der Waals surface area contributed by atoms with E-state index in [2.05, 4.69) is 15.5 Å². The molecule has 2 N–H and O–H groups in total. The van der Waals surface area contributed by atoms with Crippen molar-refractivity contribution in [2.75, 3.05) is 5.75 Å². The minimum Gasteiger partial charge on any atom is -0.345 e. The average Bonchev–Trinajstić information content (AvgIpc) is 3.06. The number of sulfone groups is 1. The van der Waals surface area contributed by atoms with Crippen LogP contribution in [-0.4, -0.2) is 36.3 Å². The number of carbonyl (C=O) groups excluding carboxylic acids is 1. The topological polar surface area (TPSA) is 91.9 Å². The maximum absolute atomic E-state index is 12.3. The Hall–Kier alpha value is -1.63. The number of nitrogens with zero attached hydrogens (tertiary/aromatic N) is 1. The second-order valence-electron chi connectivity index (χ2n) is 5.77. The van der Waals surface area contributed by atoms with E-state index in [0.717, 1.165) is 23.9 Å². The van der Waals surface area contributed by atoms with Crippen molar-refractivity contribution in [3.63, 3.8) is 0 Å². The number of rotatable bonds is 3. The first-order valence-corrected chi connectivity index (χ1v) is 9.02. The van der Waals surface area contributed by atoms with Crippen LogP contribution in [0.3, 0.4) is 0 Å². The highest BCUT2D eigenvalue weighted by atomic mass is 32.2. The maximum Gasteiger partial charge on any atom is 0.255 e. The number of carbonyl (C=O) groups is 1. The Morgan fingerprint density at radius 3 is 2.71 bits per heavy atom. The zero-order chi connectivity index (χ0) is 14.9. The molecule has 3 rings (SSSR count). The van der Waals surface area contributed by atoms with Crippen molar-refractivity contribution in [1.29, 1.82) is 0 Å². The lowest BCUT2D eigenvalue weighted by Gasteiger charge is -2.21. The van der Waals surface area contributed by atoms with Gasteiger partial charge in [0.05, 0.1) is 29.2 Å². The molecule has 1 amide bonds. The molecular formula is C14H19N3O3S. The van der Waals surface area contributed by atoms with Gasteiger partial charge in [0, 0.05) is 11.3 Å². The zero-order valence-corrected chi connectivity index (χ0v) is 12.5. The van der Waals surface area contributed by atoms with Gasteiger partial charge < -0.3 is 5.32 Å². The van der Waals surface area contributed by atoms with Crippen molar-refractivity contribution in [3.8, 4) is 0 Å². The van der Waals surface area contributed by atoms with Crippen LogP contribution in [-0.2, 0) is 9.84 Å². The predicted octanol–water partition coefficient (Wildman–Crippen LogP) is 1.50. The largest absolute Gasteiger partial charge is 0.345 e. The number of hydrogen-bond donors (Lipinski definition) is 2. The van der Waals surface area contributed by atoms with Gasteiger partial charge in [-0.1, -0.05) is 19.3 Å². The Morgan fingerprint density at radius 1 is 1.29 bits per heavy atom. The van der Waals surface area contributed by atoms with Crippen LogP contribution in [0.25, 0.3) is 0 Å². The van der Waals surface area contributed by atoms with E-state index < -0.39 is 15.9 Å². The Morgan fingerprint density at radius 2 is 2.05 bits per heavy atom. The molecule has 21 heavy (non-hydrogen) atoms. The third-order valence-electron chi connectivity index (χ3n) is 4.17. The van der Waals surface area contributed by atoms with Crippen LogP contribution in [0, 0.1) is 0 Å². The lowest BCUT2D eigenvalue weighted by molar-refractivity contribution is 0.0946. The molecule has 1 aromatic rings. The van der Waals surface area contributed by atoms with E-state index in [9.17, 15) is 13.2 Å². The van der Waals surface area contributed by atoms with Crippen molar-refractivity contribution >= 4 is 15.7 Å². The summed E-state index contributed by atoms with van der Waals surface area (Å²) in [5.41, 5.74) is 1.43. The van der Waals surface area contributed by atoms with Gasteiger partial charge in [0.2, 0.25) is 0 Å². The van der Waals surface area contributed by atoms with Gasteiger partial charge in [0.15, 0.2) is 9.84 Å². The van der Waals surface area contributed by atoms with Gasteiger partial charge in [-0.2, -0.15) is 5.10 Å². The molecule has 1 aliphatic heterocycles. The summed E-state index contributed by atoms with van der Waals surface area (Å²) in [7, 11) is -3.16. The SMILES string of the molecule is O=C(N[C@@H]1C=CS(=O)(=O)C1)c1cn[nH]c1C1CCCCC1. The average molecular weight is 309 g/mol. The van der Waals surface area contributed by atoms with E-state index in [0.29, 0.717) is 11.5 Å². The van der Waals surface area contributed by atoms with Crippen molar-refractivity contribution < 1.29 is 13.2 Å². The van der Waals surface area contributed by atoms with E-state index in [1.807, 2.05) is 0 Å². The van der Waals surface area contributed by atoms with Gasteiger partial charge in [0.25, 0.3) is 5.91 Å². The van der Waals surface area contributed by atoms with Crippen LogP contribution in [0.4, 0.5) is 0 Å². The Kier molecular flexibility index (Phi) is 3.84. The van der Waals surface area contributed by atoms with Crippen molar-refractivity contribution in [3.05, 3.63) is 28.9 Å². The van der Waals surface area contributed by atoms with E-state index in [4.69, 9.17) is 0 Å². The second-order valence-corrected chi connectivity index (χ2v) is 7.70. The third-order valence-corrected chi connectivity index (χ3v) is 5.57. The van der Waals surface area contributed by atoms with Crippen LogP contribution in [0.15, 0.2) is 17.7 Å². The summed E-state index contributed by atoms with van der Waals surface area (Å²) < 4.78 is 22.7. The van der Waals surface area contributed by atoms with E-state index >= 15 is 0 Å².